The van der Waals surface area contributed by atoms with Crippen molar-refractivity contribution in [2.45, 2.75) is 38.3 Å². The molecule has 1 heterocycles. The van der Waals surface area contributed by atoms with Gasteiger partial charge in [-0.15, -0.1) is 0 Å². The lowest BCUT2D eigenvalue weighted by molar-refractivity contribution is -0.141. The van der Waals surface area contributed by atoms with Crippen molar-refractivity contribution in [3.63, 3.8) is 0 Å². The van der Waals surface area contributed by atoms with Crippen molar-refractivity contribution in [2.75, 3.05) is 13.2 Å². The van der Waals surface area contributed by atoms with E-state index >= 15 is 0 Å². The Labute approximate surface area is 72.7 Å². The van der Waals surface area contributed by atoms with Crippen LogP contribution in [0.4, 0.5) is 0 Å². The first-order chi connectivity index (χ1) is 5.79. The SMILES string of the molecule is CC(=O)N1CCOC2CCCC21. The lowest BCUT2D eigenvalue weighted by atomic mass is 10.1. The highest BCUT2D eigenvalue weighted by molar-refractivity contribution is 5.73. The molecule has 3 nitrogen and oxygen atoms in total. The third-order valence-corrected chi connectivity index (χ3v) is 2.89. The maximum Gasteiger partial charge on any atom is 0.219 e. The lowest BCUT2D eigenvalue weighted by Crippen LogP contribution is -2.50. The molecule has 1 aliphatic carbocycles. The number of nitrogens with zero attached hydrogens (tertiary/aromatic N) is 1. The summed E-state index contributed by atoms with van der Waals surface area (Å²) in [5.74, 6) is 0.204. The van der Waals surface area contributed by atoms with Crippen LogP contribution in [0.3, 0.4) is 0 Å². The van der Waals surface area contributed by atoms with Crippen molar-refractivity contribution < 1.29 is 9.53 Å². The monoisotopic (exact) mass is 169 g/mol. The second kappa shape index (κ2) is 3.05. The van der Waals surface area contributed by atoms with Gasteiger partial charge in [0.1, 0.15) is 0 Å². The van der Waals surface area contributed by atoms with E-state index in [0.717, 1.165) is 26.0 Å². The van der Waals surface area contributed by atoms with Crippen molar-refractivity contribution in [3.05, 3.63) is 0 Å². The van der Waals surface area contributed by atoms with E-state index in [1.54, 1.807) is 6.92 Å². The molecule has 0 bridgehead atoms. The number of hydrogen-bond acceptors (Lipinski definition) is 2. The van der Waals surface area contributed by atoms with Gasteiger partial charge in [-0.25, -0.2) is 0 Å². The Bertz CT molecular complexity index is 193. The van der Waals surface area contributed by atoms with Gasteiger partial charge in [0, 0.05) is 13.5 Å². The molecule has 3 heteroatoms. The molecule has 0 aromatic rings. The minimum Gasteiger partial charge on any atom is -0.374 e. The summed E-state index contributed by atoms with van der Waals surface area (Å²) >= 11 is 0. The Kier molecular flexibility index (Phi) is 2.05. The zero-order valence-electron chi connectivity index (χ0n) is 7.45. The number of carbonyl (C=O) groups excluding carboxylic acids is 1. The number of carbonyl (C=O) groups is 1. The molecule has 2 rings (SSSR count). The number of hydrogen-bond donors (Lipinski definition) is 0. The van der Waals surface area contributed by atoms with E-state index in [1.807, 2.05) is 4.90 Å². The molecule has 2 unspecified atom stereocenters. The summed E-state index contributed by atoms with van der Waals surface area (Å²) < 4.78 is 5.59. The van der Waals surface area contributed by atoms with Crippen LogP contribution in [0.15, 0.2) is 0 Å². The molecule has 0 N–H and O–H groups in total. The van der Waals surface area contributed by atoms with Gasteiger partial charge in [0.2, 0.25) is 5.91 Å². The first-order valence-electron chi connectivity index (χ1n) is 4.68. The lowest BCUT2D eigenvalue weighted by Gasteiger charge is -2.37. The van der Waals surface area contributed by atoms with Crippen molar-refractivity contribution in [1.82, 2.24) is 4.90 Å². The molecular weight excluding hydrogens is 154 g/mol. The van der Waals surface area contributed by atoms with Crippen LogP contribution in [0.1, 0.15) is 26.2 Å². The Balaban J connectivity index is 2.08. The summed E-state index contributed by atoms with van der Waals surface area (Å²) in [4.78, 5) is 13.2. The van der Waals surface area contributed by atoms with E-state index in [-0.39, 0.29) is 5.91 Å². The van der Waals surface area contributed by atoms with Crippen LogP contribution in [-0.4, -0.2) is 36.1 Å². The standard InChI is InChI=1S/C9H15NO2/c1-7(11)10-5-6-12-9-4-2-3-8(9)10/h8-9H,2-6H2,1H3. The average Bonchev–Trinajstić information content (AvgIpc) is 2.49. The van der Waals surface area contributed by atoms with Crippen LogP contribution in [0.2, 0.25) is 0 Å². The van der Waals surface area contributed by atoms with Gasteiger partial charge in [0.15, 0.2) is 0 Å². The van der Waals surface area contributed by atoms with Gasteiger partial charge in [-0.3, -0.25) is 4.79 Å². The molecule has 2 fully saturated rings. The van der Waals surface area contributed by atoms with Crippen LogP contribution in [0, 0.1) is 0 Å². The van der Waals surface area contributed by atoms with E-state index in [1.165, 1.54) is 6.42 Å². The second-order valence-electron chi connectivity index (χ2n) is 3.62. The van der Waals surface area contributed by atoms with Crippen LogP contribution in [-0.2, 0) is 9.53 Å². The average molecular weight is 169 g/mol. The van der Waals surface area contributed by atoms with Crippen molar-refractivity contribution in [2.24, 2.45) is 0 Å². The molecule has 0 spiro atoms. The van der Waals surface area contributed by atoms with Gasteiger partial charge in [-0.05, 0) is 19.3 Å². The summed E-state index contributed by atoms with van der Waals surface area (Å²) in [5, 5.41) is 0. The summed E-state index contributed by atoms with van der Waals surface area (Å²) in [6.07, 6.45) is 3.81. The molecule has 12 heavy (non-hydrogen) atoms. The van der Waals surface area contributed by atoms with Gasteiger partial charge in [0.25, 0.3) is 0 Å². The number of morpholine rings is 1. The summed E-state index contributed by atoms with van der Waals surface area (Å²) in [7, 11) is 0. The fourth-order valence-electron chi connectivity index (χ4n) is 2.32. The quantitative estimate of drug-likeness (QED) is 0.536. The Morgan fingerprint density at radius 3 is 3.08 bits per heavy atom. The summed E-state index contributed by atoms with van der Waals surface area (Å²) in [6.45, 7) is 3.16. The van der Waals surface area contributed by atoms with E-state index in [9.17, 15) is 4.79 Å². The van der Waals surface area contributed by atoms with Gasteiger partial charge < -0.3 is 9.64 Å². The van der Waals surface area contributed by atoms with Gasteiger partial charge in [-0.1, -0.05) is 0 Å². The zero-order chi connectivity index (χ0) is 8.55. The third kappa shape index (κ3) is 1.22. The summed E-state index contributed by atoms with van der Waals surface area (Å²) in [6, 6.07) is 0.385. The first kappa shape index (κ1) is 8.05. The molecule has 0 radical (unpaired) electrons. The maximum absolute atomic E-state index is 11.2. The predicted molar refractivity (Wildman–Crippen MR) is 44.8 cm³/mol. The van der Waals surface area contributed by atoms with Crippen LogP contribution in [0.25, 0.3) is 0 Å². The maximum atomic E-state index is 11.2. The van der Waals surface area contributed by atoms with Crippen LogP contribution >= 0.6 is 0 Å². The van der Waals surface area contributed by atoms with Gasteiger partial charge >= 0.3 is 0 Å². The number of ether oxygens (including phenoxy) is 1. The smallest absolute Gasteiger partial charge is 0.219 e. The van der Waals surface area contributed by atoms with E-state index < -0.39 is 0 Å². The molecule has 0 aromatic carbocycles. The Hall–Kier alpha value is -0.570. The molecule has 68 valence electrons. The highest BCUT2D eigenvalue weighted by atomic mass is 16.5. The Morgan fingerprint density at radius 2 is 2.33 bits per heavy atom. The number of amides is 1. The molecule has 1 saturated heterocycles. The molecule has 1 saturated carbocycles. The fraction of sp³-hybridized carbons (Fsp3) is 0.889. The summed E-state index contributed by atoms with van der Waals surface area (Å²) in [5.41, 5.74) is 0. The van der Waals surface area contributed by atoms with E-state index in [4.69, 9.17) is 4.74 Å². The largest absolute Gasteiger partial charge is 0.374 e. The number of fused-ring (bicyclic) bond motifs is 1. The van der Waals surface area contributed by atoms with Crippen molar-refractivity contribution in [3.8, 4) is 0 Å². The topological polar surface area (TPSA) is 29.5 Å². The van der Waals surface area contributed by atoms with Crippen molar-refractivity contribution >= 4 is 5.91 Å². The fourth-order valence-corrected chi connectivity index (χ4v) is 2.32. The zero-order valence-corrected chi connectivity index (χ0v) is 7.45. The third-order valence-electron chi connectivity index (χ3n) is 2.89. The van der Waals surface area contributed by atoms with Crippen LogP contribution in [0.5, 0.6) is 0 Å². The van der Waals surface area contributed by atoms with Crippen molar-refractivity contribution in [1.29, 1.82) is 0 Å². The molecule has 1 aliphatic heterocycles. The van der Waals surface area contributed by atoms with Gasteiger partial charge in [-0.2, -0.15) is 0 Å². The highest BCUT2D eigenvalue weighted by Crippen LogP contribution is 2.29. The first-order valence-corrected chi connectivity index (χ1v) is 4.68. The predicted octanol–water partition coefficient (Wildman–Crippen LogP) is 0.786. The van der Waals surface area contributed by atoms with Gasteiger partial charge in [0.05, 0.1) is 18.8 Å². The van der Waals surface area contributed by atoms with Crippen LogP contribution < -0.4 is 0 Å². The normalized spacial score (nSPS) is 34.9. The molecule has 1 amide bonds. The van der Waals surface area contributed by atoms with E-state index in [0.29, 0.717) is 12.1 Å². The minimum absolute atomic E-state index is 0.204. The molecule has 0 aromatic heterocycles. The second-order valence-corrected chi connectivity index (χ2v) is 3.62. The number of rotatable bonds is 0. The molecule has 2 aliphatic rings. The molecular formula is C9H15NO2. The molecule has 2 atom stereocenters. The minimum atomic E-state index is 0.204. The Morgan fingerprint density at radius 1 is 1.50 bits per heavy atom. The van der Waals surface area contributed by atoms with E-state index in [2.05, 4.69) is 0 Å². The highest BCUT2D eigenvalue weighted by Gasteiger charge is 2.36.